The highest BCUT2D eigenvalue weighted by Crippen LogP contribution is 2.20. The average Bonchev–Trinajstić information content (AvgIpc) is 3.45. The molecule has 0 aliphatic carbocycles. The van der Waals surface area contributed by atoms with Crippen molar-refractivity contribution in [1.29, 1.82) is 0 Å². The second-order valence-electron chi connectivity index (χ2n) is 7.96. The molecular formula is C23H29N3O3S. The Hall–Kier alpha value is -2.22. The monoisotopic (exact) mass is 427 g/mol. The maximum absolute atomic E-state index is 12.8. The summed E-state index contributed by atoms with van der Waals surface area (Å²) in [6.45, 7) is 4.39. The highest BCUT2D eigenvalue weighted by Gasteiger charge is 2.34. The molecule has 160 valence electrons. The summed E-state index contributed by atoms with van der Waals surface area (Å²) in [4.78, 5) is 30.6. The smallest absolute Gasteiger partial charge is 0.242 e. The van der Waals surface area contributed by atoms with Crippen LogP contribution in [0.1, 0.15) is 23.3 Å². The summed E-state index contributed by atoms with van der Waals surface area (Å²) in [5, 5.41) is 5.01. The van der Waals surface area contributed by atoms with Gasteiger partial charge in [-0.05, 0) is 29.9 Å². The van der Waals surface area contributed by atoms with Crippen molar-refractivity contribution >= 4 is 23.2 Å². The van der Waals surface area contributed by atoms with E-state index in [2.05, 4.69) is 34.5 Å². The van der Waals surface area contributed by atoms with Gasteiger partial charge in [0.15, 0.2) is 0 Å². The molecule has 30 heavy (non-hydrogen) atoms. The van der Waals surface area contributed by atoms with Crippen LogP contribution in [-0.2, 0) is 27.3 Å². The molecule has 1 aromatic heterocycles. The number of carbonyl (C=O) groups excluding carboxylic acids is 2. The molecule has 2 saturated heterocycles. The SMILES string of the molecule is O=C(NC[C@@H]1CN(Cc2ccccc2)CCO1)[C@@H]1CCCN1C(=O)Cc1cccs1. The first kappa shape index (κ1) is 21.0. The van der Waals surface area contributed by atoms with E-state index in [0.717, 1.165) is 37.4 Å². The molecule has 1 aromatic carbocycles. The lowest BCUT2D eigenvalue weighted by Gasteiger charge is -2.33. The molecule has 7 heteroatoms. The van der Waals surface area contributed by atoms with Gasteiger partial charge in [-0.25, -0.2) is 0 Å². The molecule has 0 radical (unpaired) electrons. The summed E-state index contributed by atoms with van der Waals surface area (Å²) in [7, 11) is 0. The summed E-state index contributed by atoms with van der Waals surface area (Å²) in [5.74, 6) is -0.0196. The molecule has 0 bridgehead atoms. The molecule has 2 aliphatic rings. The minimum atomic E-state index is -0.360. The second-order valence-corrected chi connectivity index (χ2v) is 8.99. The first-order chi connectivity index (χ1) is 14.7. The number of thiophene rings is 1. The second kappa shape index (κ2) is 10.2. The van der Waals surface area contributed by atoms with Gasteiger partial charge < -0.3 is 15.0 Å². The van der Waals surface area contributed by atoms with Crippen molar-refractivity contribution < 1.29 is 14.3 Å². The van der Waals surface area contributed by atoms with Gasteiger partial charge in [-0.15, -0.1) is 11.3 Å². The van der Waals surface area contributed by atoms with Gasteiger partial charge in [-0.2, -0.15) is 0 Å². The fraction of sp³-hybridized carbons (Fsp3) is 0.478. The zero-order chi connectivity index (χ0) is 20.8. The lowest BCUT2D eigenvalue weighted by Crippen LogP contribution is -2.51. The summed E-state index contributed by atoms with van der Waals surface area (Å²) >= 11 is 1.58. The topological polar surface area (TPSA) is 61.9 Å². The zero-order valence-electron chi connectivity index (χ0n) is 17.2. The third kappa shape index (κ3) is 5.47. The molecule has 2 atom stereocenters. The summed E-state index contributed by atoms with van der Waals surface area (Å²) in [6.07, 6.45) is 1.96. The summed E-state index contributed by atoms with van der Waals surface area (Å²) in [5.41, 5.74) is 1.29. The maximum Gasteiger partial charge on any atom is 0.242 e. The van der Waals surface area contributed by atoms with Gasteiger partial charge in [0, 0.05) is 37.6 Å². The van der Waals surface area contributed by atoms with Gasteiger partial charge in [0.05, 0.1) is 19.1 Å². The van der Waals surface area contributed by atoms with Gasteiger partial charge in [0.25, 0.3) is 0 Å². The fourth-order valence-electron chi connectivity index (χ4n) is 4.22. The van der Waals surface area contributed by atoms with E-state index in [1.807, 2.05) is 23.6 Å². The fourth-order valence-corrected chi connectivity index (χ4v) is 4.92. The number of benzene rings is 1. The molecule has 2 aromatic rings. The number of hydrogen-bond acceptors (Lipinski definition) is 5. The van der Waals surface area contributed by atoms with Crippen LogP contribution in [0.15, 0.2) is 47.8 Å². The van der Waals surface area contributed by atoms with Crippen LogP contribution in [-0.4, -0.2) is 66.5 Å². The standard InChI is InChI=1S/C23H29N3O3S/c27-22(14-20-8-5-13-30-20)26-10-4-9-21(26)23(28)24-15-19-17-25(11-12-29-19)16-18-6-2-1-3-7-18/h1-3,5-8,13,19,21H,4,9-12,14-17H2,(H,24,28)/t19-,21+/m1/s1. The summed E-state index contributed by atoms with van der Waals surface area (Å²) < 4.78 is 5.87. The van der Waals surface area contributed by atoms with Crippen molar-refractivity contribution in [2.45, 2.75) is 38.0 Å². The predicted molar refractivity (Wildman–Crippen MR) is 117 cm³/mol. The van der Waals surface area contributed by atoms with E-state index in [1.54, 1.807) is 16.2 Å². The number of nitrogens with one attached hydrogen (secondary N) is 1. The maximum atomic E-state index is 12.8. The minimum Gasteiger partial charge on any atom is -0.374 e. The first-order valence-corrected chi connectivity index (χ1v) is 11.5. The van der Waals surface area contributed by atoms with Crippen molar-refractivity contribution in [3.8, 4) is 0 Å². The van der Waals surface area contributed by atoms with Crippen LogP contribution in [0.2, 0.25) is 0 Å². The number of ether oxygens (including phenoxy) is 1. The zero-order valence-corrected chi connectivity index (χ0v) is 18.0. The Kier molecular flexibility index (Phi) is 7.15. The van der Waals surface area contributed by atoms with E-state index in [4.69, 9.17) is 4.74 Å². The van der Waals surface area contributed by atoms with Crippen molar-refractivity contribution in [2.75, 3.05) is 32.8 Å². The number of nitrogens with zero attached hydrogens (tertiary/aromatic N) is 2. The molecule has 4 rings (SSSR count). The van der Waals surface area contributed by atoms with Crippen LogP contribution in [0, 0.1) is 0 Å². The Morgan fingerprint density at radius 3 is 2.80 bits per heavy atom. The largest absolute Gasteiger partial charge is 0.374 e. The molecule has 0 spiro atoms. The number of hydrogen-bond donors (Lipinski definition) is 1. The number of rotatable bonds is 7. The lowest BCUT2D eigenvalue weighted by molar-refractivity contribution is -0.138. The van der Waals surface area contributed by atoms with Crippen molar-refractivity contribution in [3.63, 3.8) is 0 Å². The van der Waals surface area contributed by atoms with Gasteiger partial charge in [-0.3, -0.25) is 14.5 Å². The van der Waals surface area contributed by atoms with Crippen molar-refractivity contribution in [2.24, 2.45) is 0 Å². The molecule has 2 fully saturated rings. The van der Waals surface area contributed by atoms with E-state index in [9.17, 15) is 9.59 Å². The molecular weight excluding hydrogens is 398 g/mol. The average molecular weight is 428 g/mol. The van der Waals surface area contributed by atoms with E-state index >= 15 is 0 Å². The Morgan fingerprint density at radius 1 is 1.13 bits per heavy atom. The minimum absolute atomic E-state index is 0.0249. The molecule has 0 unspecified atom stereocenters. The van der Waals surface area contributed by atoms with Gasteiger partial charge in [0.1, 0.15) is 6.04 Å². The van der Waals surface area contributed by atoms with Crippen molar-refractivity contribution in [1.82, 2.24) is 15.1 Å². The lowest BCUT2D eigenvalue weighted by atomic mass is 10.1. The van der Waals surface area contributed by atoms with Crippen molar-refractivity contribution in [3.05, 3.63) is 58.3 Å². The highest BCUT2D eigenvalue weighted by atomic mass is 32.1. The molecule has 6 nitrogen and oxygen atoms in total. The van der Waals surface area contributed by atoms with E-state index in [1.165, 1.54) is 5.56 Å². The third-order valence-corrected chi connectivity index (χ3v) is 6.63. The highest BCUT2D eigenvalue weighted by molar-refractivity contribution is 7.10. The van der Waals surface area contributed by atoms with Gasteiger partial charge in [-0.1, -0.05) is 36.4 Å². The van der Waals surface area contributed by atoms with Crippen LogP contribution in [0.25, 0.3) is 0 Å². The van der Waals surface area contributed by atoms with Gasteiger partial charge >= 0.3 is 0 Å². The summed E-state index contributed by atoms with van der Waals surface area (Å²) in [6, 6.07) is 14.0. The Balaban J connectivity index is 1.25. The number of carbonyl (C=O) groups is 2. The van der Waals surface area contributed by atoms with Crippen LogP contribution in [0.4, 0.5) is 0 Å². The van der Waals surface area contributed by atoms with Gasteiger partial charge in [0.2, 0.25) is 11.8 Å². The Morgan fingerprint density at radius 2 is 2.00 bits per heavy atom. The van der Waals surface area contributed by atoms with Crippen LogP contribution < -0.4 is 5.32 Å². The predicted octanol–water partition coefficient (Wildman–Crippen LogP) is 2.30. The molecule has 1 N–H and O–H groups in total. The molecule has 3 heterocycles. The number of likely N-dealkylation sites (tertiary alicyclic amines) is 1. The third-order valence-electron chi connectivity index (χ3n) is 5.76. The quantitative estimate of drug-likeness (QED) is 0.737. The van der Waals surface area contributed by atoms with Crippen LogP contribution in [0.3, 0.4) is 0 Å². The molecule has 2 aliphatic heterocycles. The van der Waals surface area contributed by atoms with E-state index in [-0.39, 0.29) is 24.0 Å². The molecule has 0 saturated carbocycles. The molecule has 2 amide bonds. The first-order valence-electron chi connectivity index (χ1n) is 10.7. The van der Waals surface area contributed by atoms with Crippen LogP contribution in [0.5, 0.6) is 0 Å². The van der Waals surface area contributed by atoms with E-state index < -0.39 is 0 Å². The normalized spacial score (nSPS) is 22.2. The Bertz CT molecular complexity index is 827. The van der Waals surface area contributed by atoms with Crippen LogP contribution >= 0.6 is 11.3 Å². The van der Waals surface area contributed by atoms with E-state index in [0.29, 0.717) is 26.1 Å². The number of amides is 2. The number of morpholine rings is 1. The Labute approximate surface area is 181 Å².